The maximum Gasteiger partial charge on any atom is 0.320 e. The van der Waals surface area contributed by atoms with Crippen LogP contribution in [0.3, 0.4) is 0 Å². The van der Waals surface area contributed by atoms with Gasteiger partial charge in [-0.3, -0.25) is 9.69 Å². The number of fused-ring (bicyclic) bond motifs is 1. The van der Waals surface area contributed by atoms with E-state index in [-0.39, 0.29) is 6.42 Å². The number of ether oxygens (including phenoxy) is 4. The molecule has 4 aromatic carbocycles. The lowest BCUT2D eigenvalue weighted by atomic mass is 10.1. The summed E-state index contributed by atoms with van der Waals surface area (Å²) in [5.41, 5.74) is 12.3. The molecule has 236 valence electrons. The van der Waals surface area contributed by atoms with Crippen molar-refractivity contribution in [2.24, 2.45) is 5.73 Å². The third-order valence-corrected chi connectivity index (χ3v) is 7.73. The normalized spacial score (nSPS) is 13.2. The second-order valence-corrected chi connectivity index (χ2v) is 11.5. The van der Waals surface area contributed by atoms with E-state index in [0.29, 0.717) is 63.3 Å². The highest BCUT2D eigenvalue weighted by atomic mass is 16.5. The maximum atomic E-state index is 11.6. The van der Waals surface area contributed by atoms with Gasteiger partial charge in [-0.1, -0.05) is 83.9 Å². The molecular weight excluding hydrogens is 568 g/mol. The lowest BCUT2D eigenvalue weighted by molar-refractivity contribution is -0.138. The number of nitrogens with zero attached hydrogens (tertiary/aromatic N) is 1. The first-order valence-corrected chi connectivity index (χ1v) is 15.4. The first kappa shape index (κ1) is 31.9. The summed E-state index contributed by atoms with van der Waals surface area (Å²) in [5, 5.41) is 9.50. The molecule has 5 rings (SSSR count). The predicted octanol–water partition coefficient (Wildman–Crippen LogP) is 6.43. The van der Waals surface area contributed by atoms with Gasteiger partial charge in [0.25, 0.3) is 0 Å². The van der Waals surface area contributed by atoms with Crippen LogP contribution in [-0.4, -0.2) is 41.8 Å². The second kappa shape index (κ2) is 15.5. The first-order chi connectivity index (χ1) is 21.9. The Labute approximate surface area is 265 Å². The van der Waals surface area contributed by atoms with Crippen LogP contribution >= 0.6 is 0 Å². The van der Waals surface area contributed by atoms with Gasteiger partial charge in [-0.05, 0) is 43.5 Å². The molecule has 0 aromatic heterocycles. The van der Waals surface area contributed by atoms with Crippen molar-refractivity contribution in [1.82, 2.24) is 4.90 Å². The molecule has 0 saturated carbocycles. The van der Waals surface area contributed by atoms with Crippen LogP contribution in [0, 0.1) is 13.8 Å². The van der Waals surface area contributed by atoms with Crippen LogP contribution in [0.15, 0.2) is 84.9 Å². The van der Waals surface area contributed by atoms with Crippen LogP contribution in [-0.2, 0) is 31.1 Å². The third-order valence-electron chi connectivity index (χ3n) is 7.73. The molecule has 0 radical (unpaired) electrons. The zero-order valence-corrected chi connectivity index (χ0v) is 26.0. The van der Waals surface area contributed by atoms with Crippen LogP contribution in [0.5, 0.6) is 23.0 Å². The van der Waals surface area contributed by atoms with E-state index in [0.717, 1.165) is 40.0 Å². The summed E-state index contributed by atoms with van der Waals surface area (Å²) >= 11 is 0. The van der Waals surface area contributed by atoms with Gasteiger partial charge in [0.05, 0.1) is 13.2 Å². The number of para-hydroxylation sites is 1. The van der Waals surface area contributed by atoms with Crippen molar-refractivity contribution in [1.29, 1.82) is 0 Å². The molecule has 0 unspecified atom stereocenters. The number of rotatable bonds is 14. The largest absolute Gasteiger partial charge is 0.489 e. The van der Waals surface area contributed by atoms with E-state index in [1.807, 2.05) is 54.6 Å². The number of hydrogen-bond acceptors (Lipinski definition) is 7. The zero-order valence-electron chi connectivity index (χ0n) is 26.0. The van der Waals surface area contributed by atoms with Crippen molar-refractivity contribution in [2.75, 3.05) is 19.8 Å². The van der Waals surface area contributed by atoms with Gasteiger partial charge in [-0.25, -0.2) is 0 Å². The van der Waals surface area contributed by atoms with Crippen molar-refractivity contribution in [3.05, 3.63) is 118 Å². The van der Waals surface area contributed by atoms with E-state index in [1.54, 1.807) is 0 Å². The summed E-state index contributed by atoms with van der Waals surface area (Å²) in [5.74, 6) is 1.65. The summed E-state index contributed by atoms with van der Waals surface area (Å²) in [7, 11) is 0. The Morgan fingerprint density at radius 3 is 2.22 bits per heavy atom. The van der Waals surface area contributed by atoms with Gasteiger partial charge >= 0.3 is 5.97 Å². The van der Waals surface area contributed by atoms with Gasteiger partial charge in [-0.2, -0.15) is 0 Å². The molecule has 45 heavy (non-hydrogen) atoms. The maximum absolute atomic E-state index is 11.6. The van der Waals surface area contributed by atoms with Gasteiger partial charge in [0.2, 0.25) is 5.75 Å². The molecule has 0 saturated heterocycles. The van der Waals surface area contributed by atoms with Gasteiger partial charge in [0.1, 0.15) is 25.0 Å². The molecule has 1 heterocycles. The lowest BCUT2D eigenvalue weighted by Crippen LogP contribution is -2.35. The molecule has 3 N–H and O–H groups in total. The molecule has 1 aliphatic heterocycles. The average molecular weight is 611 g/mol. The van der Waals surface area contributed by atoms with Crippen LogP contribution in [0.1, 0.15) is 46.2 Å². The van der Waals surface area contributed by atoms with E-state index in [9.17, 15) is 9.90 Å². The van der Waals surface area contributed by atoms with Crippen LogP contribution in [0.4, 0.5) is 0 Å². The Balaban J connectivity index is 1.42. The molecule has 4 aromatic rings. The Bertz CT molecular complexity index is 1590. The van der Waals surface area contributed by atoms with E-state index in [1.165, 1.54) is 5.56 Å². The number of aliphatic carboxylic acids is 1. The number of aryl methyl sites for hydroxylation is 2. The average Bonchev–Trinajstić information content (AvgIpc) is 3.28. The second-order valence-electron chi connectivity index (χ2n) is 11.5. The van der Waals surface area contributed by atoms with Crippen molar-refractivity contribution >= 4 is 5.97 Å². The fraction of sp³-hybridized carbons (Fsp3) is 0.324. The Hall–Kier alpha value is -4.53. The summed E-state index contributed by atoms with van der Waals surface area (Å²) in [6.07, 6.45) is 1.06. The number of hydrogen-bond donors (Lipinski definition) is 2. The number of benzene rings is 4. The van der Waals surface area contributed by atoms with Crippen LogP contribution < -0.4 is 24.7 Å². The fourth-order valence-corrected chi connectivity index (χ4v) is 5.37. The van der Waals surface area contributed by atoms with Crippen LogP contribution in [0.2, 0.25) is 0 Å². The Morgan fingerprint density at radius 2 is 1.51 bits per heavy atom. The van der Waals surface area contributed by atoms with E-state index < -0.39 is 12.0 Å². The molecule has 0 spiro atoms. The van der Waals surface area contributed by atoms with Crippen LogP contribution in [0.25, 0.3) is 0 Å². The molecular formula is C37H42N2O6. The highest BCUT2D eigenvalue weighted by Gasteiger charge is 2.23. The molecule has 8 nitrogen and oxygen atoms in total. The summed E-state index contributed by atoms with van der Waals surface area (Å²) in [6.45, 7) is 7.47. The topological polar surface area (TPSA) is 103 Å². The quantitative estimate of drug-likeness (QED) is 0.169. The van der Waals surface area contributed by atoms with Crippen molar-refractivity contribution < 1.29 is 28.8 Å². The Kier molecular flexibility index (Phi) is 11.0. The van der Waals surface area contributed by atoms with E-state index in [4.69, 9.17) is 24.7 Å². The highest BCUT2D eigenvalue weighted by Crippen LogP contribution is 2.42. The monoisotopic (exact) mass is 610 g/mol. The van der Waals surface area contributed by atoms with Crippen molar-refractivity contribution in [2.45, 2.75) is 59.0 Å². The Morgan fingerprint density at radius 1 is 0.844 bits per heavy atom. The van der Waals surface area contributed by atoms with Gasteiger partial charge in [0, 0.05) is 37.2 Å². The minimum atomic E-state index is -1.02. The molecule has 1 aliphatic rings. The molecule has 1 atom stereocenters. The fourth-order valence-electron chi connectivity index (χ4n) is 5.37. The standard InChI is InChI=1S/C37H42N2O6/c1-26-8-5-10-28(20-26)24-44-33-13-4-3-12-30(33)22-39(17-16-32(38)37(40)41)23-31-14-15-34-36(43-19-7-18-42-34)35(31)45-25-29-11-6-9-27(2)21-29/h3-6,8-15,20-21,32H,7,16-19,22-25,38H2,1-2H3,(H,40,41)/t32-/m0/s1. The number of carbonyl (C=O) groups is 1. The lowest BCUT2D eigenvalue weighted by Gasteiger charge is -2.26. The smallest absolute Gasteiger partial charge is 0.320 e. The zero-order chi connectivity index (χ0) is 31.6. The predicted molar refractivity (Wildman–Crippen MR) is 174 cm³/mol. The molecule has 0 bridgehead atoms. The first-order valence-electron chi connectivity index (χ1n) is 15.4. The number of carboxylic acids is 1. The highest BCUT2D eigenvalue weighted by molar-refractivity contribution is 5.73. The minimum Gasteiger partial charge on any atom is -0.489 e. The van der Waals surface area contributed by atoms with E-state index >= 15 is 0 Å². The summed E-state index contributed by atoms with van der Waals surface area (Å²) < 4.78 is 25.0. The number of carboxylic acid groups (broad SMARTS) is 1. The van der Waals surface area contributed by atoms with Gasteiger partial charge in [-0.15, -0.1) is 0 Å². The summed E-state index contributed by atoms with van der Waals surface area (Å²) in [4.78, 5) is 13.8. The summed E-state index contributed by atoms with van der Waals surface area (Å²) in [6, 6.07) is 27.4. The van der Waals surface area contributed by atoms with Crippen molar-refractivity contribution in [3.63, 3.8) is 0 Å². The molecule has 0 fully saturated rings. The third kappa shape index (κ3) is 9.00. The van der Waals surface area contributed by atoms with E-state index in [2.05, 4.69) is 49.1 Å². The molecule has 8 heteroatoms. The SMILES string of the molecule is Cc1cccc(COc2ccccc2CN(CC[C@H](N)C(=O)O)Cc2ccc3c(c2OCc2cccc(C)c2)OCCCO3)c1. The number of nitrogens with two attached hydrogens (primary N) is 1. The molecule has 0 aliphatic carbocycles. The van der Waals surface area contributed by atoms with Gasteiger partial charge < -0.3 is 29.8 Å². The minimum absolute atomic E-state index is 0.283. The molecule has 0 amide bonds. The van der Waals surface area contributed by atoms with Crippen molar-refractivity contribution in [3.8, 4) is 23.0 Å². The van der Waals surface area contributed by atoms with Gasteiger partial charge in [0.15, 0.2) is 11.5 Å².